The number of carbonyl (C=O) groups excluding carboxylic acids is 2. The largest absolute Gasteiger partial charge is 0.481 e. The molecule has 0 saturated heterocycles. The maximum absolute atomic E-state index is 13.3. The van der Waals surface area contributed by atoms with E-state index in [1.54, 1.807) is 6.92 Å². The Morgan fingerprint density at radius 2 is 1.45 bits per heavy atom. The average molecular weight is 698 g/mol. The molecule has 4 saturated carbocycles. The van der Waals surface area contributed by atoms with Gasteiger partial charge in [-0.15, -0.1) is 0 Å². The van der Waals surface area contributed by atoms with Crippen molar-refractivity contribution < 1.29 is 59.0 Å². The monoisotopic (exact) mass is 697 g/mol. The molecule has 0 radical (unpaired) electrons. The van der Waals surface area contributed by atoms with Crippen molar-refractivity contribution in [2.45, 2.75) is 130 Å². The quantitative estimate of drug-likeness (QED) is 0.165. The van der Waals surface area contributed by atoms with Crippen LogP contribution >= 0.6 is 0 Å². The minimum atomic E-state index is -2.74. The van der Waals surface area contributed by atoms with Crippen molar-refractivity contribution in [3.63, 3.8) is 0 Å². The number of hydrogen-bond donors (Lipinski definition) is 5. The van der Waals surface area contributed by atoms with Gasteiger partial charge in [-0.25, -0.2) is 4.79 Å². The van der Waals surface area contributed by atoms with Crippen LogP contribution in [0.15, 0.2) is 0 Å². The number of ether oxygens (including phenoxy) is 2. The maximum atomic E-state index is 13.3. The number of fused-ring (bicyclic) bond motifs is 5. The van der Waals surface area contributed by atoms with Crippen molar-refractivity contribution in [1.29, 1.82) is 0 Å². The van der Waals surface area contributed by atoms with Crippen LogP contribution in [-0.4, -0.2) is 110 Å². The molecule has 280 valence electrons. The number of aliphatic hydroxyl groups excluding tert-OH is 1. The molecule has 4 rings (SSSR count). The van der Waals surface area contributed by atoms with E-state index in [0.717, 1.165) is 64.5 Å². The highest BCUT2D eigenvalue weighted by atomic mass is 16.5. The van der Waals surface area contributed by atoms with Gasteiger partial charge in [-0.05, 0) is 100.0 Å². The minimum Gasteiger partial charge on any atom is -0.481 e. The molecule has 0 heterocycles. The molecule has 0 amide bonds. The van der Waals surface area contributed by atoms with E-state index in [-0.39, 0.29) is 40.8 Å². The molecule has 49 heavy (non-hydrogen) atoms. The van der Waals surface area contributed by atoms with E-state index >= 15 is 0 Å². The van der Waals surface area contributed by atoms with Crippen LogP contribution in [0.3, 0.4) is 0 Å². The first-order valence-electron chi connectivity index (χ1n) is 18.0. The van der Waals surface area contributed by atoms with Crippen LogP contribution in [0.1, 0.15) is 106 Å². The molecule has 0 aromatic heterocycles. The van der Waals surface area contributed by atoms with Crippen molar-refractivity contribution in [3.8, 4) is 0 Å². The average Bonchev–Trinajstić information content (AvgIpc) is 3.35. The van der Waals surface area contributed by atoms with Gasteiger partial charge < -0.3 is 35.0 Å². The van der Waals surface area contributed by atoms with E-state index in [4.69, 9.17) is 29.9 Å². The molecular weight excluding hydrogens is 638 g/mol. The fourth-order valence-electron chi connectivity index (χ4n) is 10.1. The van der Waals surface area contributed by atoms with Gasteiger partial charge in [-0.2, -0.15) is 0 Å². The Labute approximate surface area is 289 Å². The number of carboxylic acids is 3. The third-order valence-corrected chi connectivity index (χ3v) is 12.4. The highest BCUT2D eigenvalue weighted by molar-refractivity contribution is 5.88. The lowest BCUT2D eigenvalue weighted by atomic mass is 9.43. The Kier molecular flexibility index (Phi) is 13.8. The summed E-state index contributed by atoms with van der Waals surface area (Å²) in [6, 6.07) is 0. The van der Waals surface area contributed by atoms with Gasteiger partial charge in [0.15, 0.2) is 5.60 Å². The molecule has 13 heteroatoms. The highest BCUT2D eigenvalue weighted by Gasteiger charge is 2.65. The molecule has 13 nitrogen and oxygen atoms in total. The van der Waals surface area contributed by atoms with Crippen molar-refractivity contribution in [3.05, 3.63) is 0 Å². The molecule has 0 aliphatic heterocycles. The van der Waals surface area contributed by atoms with Crippen LogP contribution in [0.5, 0.6) is 0 Å². The van der Waals surface area contributed by atoms with Crippen molar-refractivity contribution in [2.24, 2.45) is 40.4 Å². The van der Waals surface area contributed by atoms with Crippen LogP contribution in [0.4, 0.5) is 0 Å². The zero-order valence-electron chi connectivity index (χ0n) is 30.1. The number of ketones is 1. The summed E-state index contributed by atoms with van der Waals surface area (Å²) in [5.74, 6) is -3.20. The molecule has 10 atom stereocenters. The van der Waals surface area contributed by atoms with E-state index in [2.05, 4.69) is 39.5 Å². The second-order valence-electron chi connectivity index (χ2n) is 15.4. The lowest BCUT2D eigenvalue weighted by Crippen LogP contribution is -2.62. The Hall–Kier alpha value is -2.61. The minimum absolute atomic E-state index is 0.0453. The Morgan fingerprint density at radius 1 is 0.857 bits per heavy atom. The number of esters is 1. The lowest BCUT2D eigenvalue weighted by Gasteiger charge is -2.63. The van der Waals surface area contributed by atoms with Gasteiger partial charge in [0.05, 0.1) is 31.6 Å². The van der Waals surface area contributed by atoms with Crippen LogP contribution < -0.4 is 0 Å². The Morgan fingerprint density at radius 3 is 1.96 bits per heavy atom. The summed E-state index contributed by atoms with van der Waals surface area (Å²) in [5.41, 5.74) is -2.89. The van der Waals surface area contributed by atoms with Gasteiger partial charge in [0.25, 0.3) is 0 Å². The number of hydrogen-bond acceptors (Lipinski definition) is 10. The molecule has 0 aromatic rings. The predicted molar refractivity (Wildman–Crippen MR) is 177 cm³/mol. The van der Waals surface area contributed by atoms with Crippen molar-refractivity contribution in [2.75, 3.05) is 26.2 Å². The third-order valence-electron chi connectivity index (χ3n) is 12.4. The molecule has 4 aliphatic rings. The number of rotatable bonds is 14. The summed E-state index contributed by atoms with van der Waals surface area (Å²) in [6.07, 6.45) is 4.53. The number of aliphatic hydroxyl groups is 2. The van der Waals surface area contributed by atoms with Gasteiger partial charge in [0.2, 0.25) is 0 Å². The summed E-state index contributed by atoms with van der Waals surface area (Å²) in [7, 11) is 0. The predicted octanol–water partition coefficient (Wildman–Crippen LogP) is 3.62. The summed E-state index contributed by atoms with van der Waals surface area (Å²) in [4.78, 5) is 58.6. The van der Waals surface area contributed by atoms with Crippen molar-refractivity contribution in [1.82, 2.24) is 4.90 Å². The van der Waals surface area contributed by atoms with Crippen LogP contribution in [0.2, 0.25) is 0 Å². The second-order valence-corrected chi connectivity index (χ2v) is 15.4. The summed E-state index contributed by atoms with van der Waals surface area (Å²) in [5, 5.41) is 44.8. The molecule has 4 fully saturated rings. The number of likely N-dealkylation sites (N-methyl/N-ethyl adjacent to an activating group) is 1. The molecular formula is C36H59NO12. The smallest absolute Gasteiger partial charge is 0.336 e. The number of carbonyl (C=O) groups is 5. The first kappa shape index (κ1) is 40.8. The van der Waals surface area contributed by atoms with Gasteiger partial charge in [0.1, 0.15) is 11.9 Å². The molecule has 5 N–H and O–H groups in total. The maximum Gasteiger partial charge on any atom is 0.336 e. The zero-order chi connectivity index (χ0) is 36.9. The molecule has 0 aromatic carbocycles. The fraction of sp³-hybridized carbons (Fsp3) is 0.861. The summed E-state index contributed by atoms with van der Waals surface area (Å²) < 4.78 is 12.6. The van der Waals surface area contributed by atoms with Crippen molar-refractivity contribution >= 4 is 29.7 Å². The molecule has 4 aliphatic carbocycles. The second kappa shape index (κ2) is 16.6. The molecule has 0 bridgehead atoms. The molecule has 0 unspecified atom stereocenters. The van der Waals surface area contributed by atoms with E-state index in [1.165, 1.54) is 0 Å². The topological polar surface area (TPSA) is 208 Å². The number of carboxylic acid groups (broad SMARTS) is 3. The number of Topliss-reactive ketones (excluding diaryl/α,β-unsaturated/α-hetero) is 1. The Balaban J connectivity index is 0.000000425. The van der Waals surface area contributed by atoms with E-state index in [0.29, 0.717) is 36.7 Å². The van der Waals surface area contributed by atoms with Crippen LogP contribution in [-0.2, 0) is 33.4 Å². The standard InChI is InChI=1S/C30H51NO5.C6H8O7/c1-7-14-35-25-16-29(5)20(15-24(25)33)10-11-21-23-13-12-22(19(4)32)30(23,6)17-26(28(21)29)36-27(34)18-31(8-2)9-3;7-3(8)1-6(13,5(11)12)2-4(9)10/h20-26,28,33H,7-18H2,1-6H3;13H,1-2H2,(H,7,8)(H,9,10)(H,11,12)/t20-,21-,22+,23-,24-,25-,26-,28+,29-,30+;/m0./s1. The molecule has 0 spiro atoms. The SMILES string of the molecule is CCCO[C@H]1C[C@@]2(C)[C@@H](CC[C@@H]3[C@@H]2[C@@H](OC(=O)CN(CC)CC)C[C@]2(C)[C@@H](C(C)=O)CC[C@@H]32)C[C@@H]1O.O=C(O)CC(O)(CC(=O)O)C(=O)O. The number of aliphatic carboxylic acids is 3. The highest BCUT2D eigenvalue weighted by Crippen LogP contribution is 2.68. The zero-order valence-corrected chi connectivity index (χ0v) is 30.1. The fourth-order valence-corrected chi connectivity index (χ4v) is 10.1. The first-order chi connectivity index (χ1) is 22.9. The lowest BCUT2D eigenvalue weighted by molar-refractivity contribution is -0.214. The van der Waals surface area contributed by atoms with Gasteiger partial charge >= 0.3 is 23.9 Å². The number of nitrogens with zero attached hydrogens (tertiary/aromatic N) is 1. The van der Waals surface area contributed by atoms with Crippen LogP contribution in [0.25, 0.3) is 0 Å². The van der Waals surface area contributed by atoms with E-state index < -0.39 is 42.5 Å². The summed E-state index contributed by atoms with van der Waals surface area (Å²) in [6.45, 7) is 15.3. The first-order valence-corrected chi connectivity index (χ1v) is 18.0. The Bertz CT molecular complexity index is 1190. The van der Waals surface area contributed by atoms with Crippen LogP contribution in [0, 0.1) is 40.4 Å². The van der Waals surface area contributed by atoms with E-state index in [9.17, 15) is 29.1 Å². The van der Waals surface area contributed by atoms with E-state index in [1.807, 2.05) is 0 Å². The van der Waals surface area contributed by atoms with Gasteiger partial charge in [0, 0.05) is 18.4 Å². The summed E-state index contributed by atoms with van der Waals surface area (Å²) >= 11 is 0. The van der Waals surface area contributed by atoms with Gasteiger partial charge in [-0.3, -0.25) is 24.1 Å². The normalized spacial score (nSPS) is 35.2. The third kappa shape index (κ3) is 9.01. The van der Waals surface area contributed by atoms with Gasteiger partial charge in [-0.1, -0.05) is 34.6 Å².